The molecule has 1 fully saturated rings. The molecule has 0 spiro atoms. The van der Waals surface area contributed by atoms with E-state index in [-0.39, 0.29) is 38.1 Å². The number of hydrogen-bond acceptors (Lipinski definition) is 9. The molecule has 0 N–H and O–H groups in total. The highest BCUT2D eigenvalue weighted by atomic mass is 32.1. The molecule has 1 saturated heterocycles. The molecule has 2 atom stereocenters. The van der Waals surface area contributed by atoms with Crippen LogP contribution in [0.1, 0.15) is 43.5 Å². The van der Waals surface area contributed by atoms with Crippen LogP contribution >= 0.6 is 11.3 Å². The van der Waals surface area contributed by atoms with E-state index >= 15 is 0 Å². The number of likely N-dealkylation sites (tertiary alicyclic amines) is 1. The summed E-state index contributed by atoms with van der Waals surface area (Å²) in [4.78, 5) is 44.7. The van der Waals surface area contributed by atoms with Gasteiger partial charge in [-0.25, -0.2) is 9.18 Å². The van der Waals surface area contributed by atoms with E-state index in [1.54, 1.807) is 18.9 Å². The predicted molar refractivity (Wildman–Crippen MR) is 159 cm³/mol. The summed E-state index contributed by atoms with van der Waals surface area (Å²) >= 11 is 1.21. The number of amides is 1. The minimum absolute atomic E-state index is 0.0273. The van der Waals surface area contributed by atoms with Crippen molar-refractivity contribution >= 4 is 27.5 Å². The Labute approximate surface area is 251 Å². The Hall–Kier alpha value is -3.88. The van der Waals surface area contributed by atoms with Gasteiger partial charge in [0.1, 0.15) is 27.5 Å². The maximum Gasteiger partial charge on any atom is 0.332 e. The Kier molecular flexibility index (Phi) is 9.08. The smallest absolute Gasteiger partial charge is 0.332 e. The van der Waals surface area contributed by atoms with Crippen LogP contribution in [0.2, 0.25) is 0 Å². The first kappa shape index (κ1) is 30.6. The minimum Gasteiger partial charge on any atom is -0.496 e. The lowest BCUT2D eigenvalue weighted by Gasteiger charge is -2.24. The molecule has 1 aromatic carbocycles. The van der Waals surface area contributed by atoms with Crippen molar-refractivity contribution in [2.75, 3.05) is 40.5 Å². The molecular formula is C29H35FN6O6S. The van der Waals surface area contributed by atoms with Crippen LogP contribution in [0.15, 0.2) is 40.2 Å². The number of carbonyl (C=O) groups is 1. The number of benzene rings is 1. The number of hydrogen-bond donors (Lipinski definition) is 0. The second kappa shape index (κ2) is 12.8. The van der Waals surface area contributed by atoms with Gasteiger partial charge in [-0.3, -0.25) is 18.7 Å². The van der Waals surface area contributed by atoms with E-state index in [0.717, 1.165) is 0 Å². The van der Waals surface area contributed by atoms with E-state index in [0.29, 0.717) is 45.1 Å². The van der Waals surface area contributed by atoms with E-state index < -0.39 is 29.2 Å². The third-order valence-corrected chi connectivity index (χ3v) is 8.93. The highest BCUT2D eigenvalue weighted by Crippen LogP contribution is 2.34. The Morgan fingerprint density at radius 3 is 2.58 bits per heavy atom. The van der Waals surface area contributed by atoms with Crippen LogP contribution < -0.4 is 16.0 Å². The molecule has 14 heteroatoms. The van der Waals surface area contributed by atoms with E-state index in [2.05, 4.69) is 10.2 Å². The first-order valence-electron chi connectivity index (χ1n) is 14.0. The molecule has 1 aliphatic heterocycles. The summed E-state index contributed by atoms with van der Waals surface area (Å²) in [6.45, 7) is 6.53. The number of rotatable bonds is 11. The Bertz CT molecular complexity index is 1730. The maximum atomic E-state index is 14.5. The van der Waals surface area contributed by atoms with Crippen molar-refractivity contribution in [3.63, 3.8) is 0 Å². The summed E-state index contributed by atoms with van der Waals surface area (Å²) in [5.74, 6) is -0.327. The average Bonchev–Trinajstić information content (AvgIpc) is 3.75. The molecule has 12 nitrogen and oxygen atoms in total. The monoisotopic (exact) mass is 614 g/mol. The van der Waals surface area contributed by atoms with Gasteiger partial charge in [-0.1, -0.05) is 25.2 Å². The molecule has 0 bridgehead atoms. The first-order chi connectivity index (χ1) is 20.7. The number of fused-ring (bicyclic) bond motifs is 1. The highest BCUT2D eigenvalue weighted by Gasteiger charge is 2.33. The highest BCUT2D eigenvalue weighted by molar-refractivity contribution is 7.21. The summed E-state index contributed by atoms with van der Waals surface area (Å²) in [6.07, 6.45) is 2.69. The lowest BCUT2D eigenvalue weighted by atomic mass is 10.1. The second-order valence-corrected chi connectivity index (χ2v) is 11.7. The van der Waals surface area contributed by atoms with Gasteiger partial charge in [0.05, 0.1) is 50.7 Å². The SMILES string of the molecule is COCCOC(Cn1c(=O)n([C@@H]2CCN(C(=O)C(C)C)C2)c(=O)c2c(C)c(-n3nccn3)sc21)c1cc(F)ccc1OC. The quantitative estimate of drug-likeness (QED) is 0.236. The Morgan fingerprint density at radius 1 is 1.16 bits per heavy atom. The minimum atomic E-state index is -0.830. The maximum absolute atomic E-state index is 14.5. The zero-order valence-corrected chi connectivity index (χ0v) is 25.6. The fourth-order valence-electron chi connectivity index (χ4n) is 5.50. The van der Waals surface area contributed by atoms with Crippen molar-refractivity contribution in [2.24, 2.45) is 5.92 Å². The number of aryl methyl sites for hydroxylation is 1. The average molecular weight is 615 g/mol. The number of thiophene rings is 1. The number of nitrogens with zero attached hydrogens (tertiary/aromatic N) is 6. The van der Waals surface area contributed by atoms with E-state index in [9.17, 15) is 18.8 Å². The molecule has 0 radical (unpaired) electrons. The van der Waals surface area contributed by atoms with Gasteiger partial charge in [-0.15, -0.1) is 4.80 Å². The summed E-state index contributed by atoms with van der Waals surface area (Å²) in [6, 6.07) is 3.60. The van der Waals surface area contributed by atoms with Crippen LogP contribution in [0.3, 0.4) is 0 Å². The molecule has 1 aliphatic rings. The van der Waals surface area contributed by atoms with Gasteiger partial charge in [-0.2, -0.15) is 10.2 Å². The topological polar surface area (TPSA) is 123 Å². The van der Waals surface area contributed by atoms with Crippen molar-refractivity contribution in [1.82, 2.24) is 29.0 Å². The normalized spacial score (nSPS) is 16.0. The third kappa shape index (κ3) is 5.86. The van der Waals surface area contributed by atoms with Gasteiger partial charge in [0, 0.05) is 37.2 Å². The van der Waals surface area contributed by atoms with E-state index in [1.807, 2.05) is 13.8 Å². The molecule has 43 heavy (non-hydrogen) atoms. The van der Waals surface area contributed by atoms with Crippen LogP contribution in [0, 0.1) is 18.7 Å². The van der Waals surface area contributed by atoms with Gasteiger partial charge in [0.2, 0.25) is 5.91 Å². The molecule has 5 rings (SSSR count). The van der Waals surface area contributed by atoms with Crippen LogP contribution in [-0.2, 0) is 20.8 Å². The van der Waals surface area contributed by atoms with Gasteiger partial charge < -0.3 is 19.1 Å². The molecular weight excluding hydrogens is 579 g/mol. The lowest BCUT2D eigenvalue weighted by Crippen LogP contribution is -2.44. The Balaban J connectivity index is 1.70. The zero-order chi connectivity index (χ0) is 30.8. The van der Waals surface area contributed by atoms with Crippen LogP contribution in [-0.4, -0.2) is 75.5 Å². The second-order valence-electron chi connectivity index (χ2n) is 10.7. The third-order valence-electron chi connectivity index (χ3n) is 7.65. The summed E-state index contributed by atoms with van der Waals surface area (Å²) < 4.78 is 34.1. The number of aromatic nitrogens is 5. The first-order valence-corrected chi connectivity index (χ1v) is 14.9. The standard InChI is InChI=1S/C29H35FN6O6S/c1-17(2)25(37)33-11-8-20(15-33)35-26(38)24-18(3)27(36-31-9-10-32-36)43-28(24)34(29(35)39)16-23(42-13-12-40-4)21-14-19(30)6-7-22(21)41-5/h6-7,9-10,14,17,20,23H,8,11-13,15-16H2,1-5H3/t20-,23?/m1/s1. The molecule has 3 aromatic heterocycles. The Morgan fingerprint density at radius 2 is 1.91 bits per heavy atom. The number of methoxy groups -OCH3 is 2. The van der Waals surface area contributed by atoms with Gasteiger partial charge in [0.15, 0.2) is 0 Å². The number of halogens is 1. The van der Waals surface area contributed by atoms with Crippen molar-refractivity contribution in [3.8, 4) is 10.8 Å². The predicted octanol–water partition coefficient (Wildman–Crippen LogP) is 3.10. The van der Waals surface area contributed by atoms with Crippen LogP contribution in [0.5, 0.6) is 5.75 Å². The molecule has 0 saturated carbocycles. The lowest BCUT2D eigenvalue weighted by molar-refractivity contribution is -0.133. The van der Waals surface area contributed by atoms with Crippen LogP contribution in [0.4, 0.5) is 4.39 Å². The molecule has 4 heterocycles. The van der Waals surface area contributed by atoms with Gasteiger partial charge in [0.25, 0.3) is 5.56 Å². The van der Waals surface area contributed by atoms with Gasteiger partial charge in [-0.05, 0) is 31.5 Å². The zero-order valence-electron chi connectivity index (χ0n) is 24.8. The van der Waals surface area contributed by atoms with Crippen molar-refractivity contribution in [1.29, 1.82) is 0 Å². The van der Waals surface area contributed by atoms with E-state index in [4.69, 9.17) is 14.2 Å². The molecule has 1 amide bonds. The van der Waals surface area contributed by atoms with E-state index in [1.165, 1.54) is 63.0 Å². The largest absolute Gasteiger partial charge is 0.496 e. The molecule has 0 aliphatic carbocycles. The van der Waals surface area contributed by atoms with Gasteiger partial charge >= 0.3 is 5.69 Å². The molecule has 4 aromatic rings. The number of carbonyl (C=O) groups excluding carboxylic acids is 1. The van der Waals surface area contributed by atoms with Crippen molar-refractivity contribution in [2.45, 2.75) is 45.9 Å². The summed E-state index contributed by atoms with van der Waals surface area (Å²) in [5, 5.41) is 9.42. The fraction of sp³-hybridized carbons (Fsp3) is 0.483. The summed E-state index contributed by atoms with van der Waals surface area (Å²) in [7, 11) is 3.02. The van der Waals surface area contributed by atoms with Crippen molar-refractivity contribution < 1.29 is 23.4 Å². The number of ether oxygens (including phenoxy) is 3. The van der Waals surface area contributed by atoms with Crippen molar-refractivity contribution in [3.05, 3.63) is 68.4 Å². The summed E-state index contributed by atoms with van der Waals surface area (Å²) in [5.41, 5.74) is 0.0518. The fourth-order valence-corrected chi connectivity index (χ4v) is 6.72. The molecule has 230 valence electrons. The van der Waals surface area contributed by atoms with Crippen LogP contribution in [0.25, 0.3) is 15.2 Å². The molecule has 1 unspecified atom stereocenters.